The van der Waals surface area contributed by atoms with E-state index in [1.165, 1.54) is 10.5 Å². The van der Waals surface area contributed by atoms with Crippen LogP contribution in [0.1, 0.15) is 32.3 Å². The van der Waals surface area contributed by atoms with Gasteiger partial charge in [0.15, 0.2) is 5.78 Å². The first kappa shape index (κ1) is 12.4. The maximum Gasteiger partial charge on any atom is 0.157 e. The van der Waals surface area contributed by atoms with Crippen molar-refractivity contribution in [3.63, 3.8) is 0 Å². The van der Waals surface area contributed by atoms with Gasteiger partial charge in [-0.25, -0.2) is 0 Å². The summed E-state index contributed by atoms with van der Waals surface area (Å²) in [5.41, 5.74) is 1.44. The lowest BCUT2D eigenvalue weighted by atomic mass is 9.80. The van der Waals surface area contributed by atoms with Gasteiger partial charge in [-0.1, -0.05) is 44.2 Å². The van der Waals surface area contributed by atoms with Crippen molar-refractivity contribution in [1.29, 1.82) is 0 Å². The van der Waals surface area contributed by atoms with Gasteiger partial charge in [-0.3, -0.25) is 4.79 Å². The minimum absolute atomic E-state index is 0.130. The average Bonchev–Trinajstić information content (AvgIpc) is 2.25. The molecule has 0 radical (unpaired) electrons. The highest BCUT2D eigenvalue weighted by molar-refractivity contribution is 8.02. The van der Waals surface area contributed by atoms with Gasteiger partial charge in [-0.2, -0.15) is 0 Å². The molecule has 2 rings (SSSR count). The Morgan fingerprint density at radius 1 is 1.18 bits per heavy atom. The highest BCUT2D eigenvalue weighted by Crippen LogP contribution is 2.39. The number of rotatable bonds is 3. The zero-order valence-corrected chi connectivity index (χ0v) is 11.2. The number of allylic oxidation sites excluding steroid dienone is 2. The minimum Gasteiger partial charge on any atom is -0.295 e. The summed E-state index contributed by atoms with van der Waals surface area (Å²) in [6.45, 7) is 4.34. The molecule has 0 fully saturated rings. The Bertz CT molecular complexity index is 431. The van der Waals surface area contributed by atoms with Crippen LogP contribution in [0.25, 0.3) is 0 Å². The van der Waals surface area contributed by atoms with Crippen LogP contribution in [0.4, 0.5) is 0 Å². The molecule has 2 heteroatoms. The summed E-state index contributed by atoms with van der Waals surface area (Å²) in [6, 6.07) is 10.4. The van der Waals surface area contributed by atoms with Crippen LogP contribution in [0.2, 0.25) is 0 Å². The van der Waals surface area contributed by atoms with E-state index in [2.05, 4.69) is 38.1 Å². The highest BCUT2D eigenvalue weighted by atomic mass is 32.2. The summed E-state index contributed by atoms with van der Waals surface area (Å²) in [5, 5.41) is 0. The van der Waals surface area contributed by atoms with Gasteiger partial charge in [-0.15, -0.1) is 11.8 Å². The normalized spacial score (nSPS) is 18.9. The average molecular weight is 246 g/mol. The summed E-state index contributed by atoms with van der Waals surface area (Å²) in [4.78, 5) is 12.8. The van der Waals surface area contributed by atoms with Crippen molar-refractivity contribution >= 4 is 17.5 Å². The third-order valence-corrected chi connectivity index (χ3v) is 4.01. The van der Waals surface area contributed by atoms with Crippen molar-refractivity contribution in [1.82, 2.24) is 0 Å². The van der Waals surface area contributed by atoms with E-state index < -0.39 is 0 Å². The number of carbonyl (C=O) groups excluding carboxylic acids is 1. The molecule has 1 aliphatic rings. The first-order chi connectivity index (χ1) is 8.05. The van der Waals surface area contributed by atoms with Crippen LogP contribution in [0.3, 0.4) is 0 Å². The van der Waals surface area contributed by atoms with Gasteiger partial charge >= 0.3 is 0 Å². The second kappa shape index (κ2) is 5.09. The summed E-state index contributed by atoms with van der Waals surface area (Å²) >= 11 is 1.80. The second-order valence-electron chi connectivity index (χ2n) is 5.37. The Labute approximate surface area is 107 Å². The summed E-state index contributed by atoms with van der Waals surface area (Å²) in [5.74, 6) is 1.23. The predicted octanol–water partition coefficient (Wildman–Crippen LogP) is 4.19. The Hall–Kier alpha value is -1.02. The quantitative estimate of drug-likeness (QED) is 0.795. The molecule has 1 nitrogen and oxygen atoms in total. The molecule has 0 unspecified atom stereocenters. The van der Waals surface area contributed by atoms with E-state index >= 15 is 0 Å². The van der Waals surface area contributed by atoms with Gasteiger partial charge in [0.05, 0.1) is 0 Å². The van der Waals surface area contributed by atoms with Crippen LogP contribution < -0.4 is 0 Å². The standard InChI is InChI=1S/C15H18OS/c1-15(2)9-13(16)8-14(10-15)17-11-12-6-4-3-5-7-12/h3-8H,9-11H2,1-2H3. The maximum absolute atomic E-state index is 11.6. The Morgan fingerprint density at radius 2 is 1.88 bits per heavy atom. The summed E-state index contributed by atoms with van der Waals surface area (Å²) in [7, 11) is 0. The molecule has 1 aromatic carbocycles. The van der Waals surface area contributed by atoms with Gasteiger partial charge in [0, 0.05) is 12.2 Å². The number of thioether (sulfide) groups is 1. The topological polar surface area (TPSA) is 17.1 Å². The minimum atomic E-state index is 0.130. The fourth-order valence-electron chi connectivity index (χ4n) is 2.13. The van der Waals surface area contributed by atoms with E-state index in [9.17, 15) is 4.79 Å². The van der Waals surface area contributed by atoms with Crippen molar-refractivity contribution in [3.05, 3.63) is 46.9 Å². The summed E-state index contributed by atoms with van der Waals surface area (Å²) < 4.78 is 0. The maximum atomic E-state index is 11.6. The van der Waals surface area contributed by atoms with E-state index in [1.807, 2.05) is 12.1 Å². The highest BCUT2D eigenvalue weighted by Gasteiger charge is 2.27. The molecular formula is C15H18OS. The molecule has 0 aromatic heterocycles. The third kappa shape index (κ3) is 3.74. The lowest BCUT2D eigenvalue weighted by Gasteiger charge is -2.28. The van der Waals surface area contributed by atoms with Crippen molar-refractivity contribution in [2.75, 3.05) is 0 Å². The zero-order chi connectivity index (χ0) is 12.3. The van der Waals surface area contributed by atoms with Crippen molar-refractivity contribution in [2.24, 2.45) is 5.41 Å². The third-order valence-electron chi connectivity index (χ3n) is 2.89. The molecule has 0 atom stereocenters. The largest absolute Gasteiger partial charge is 0.295 e. The fraction of sp³-hybridized carbons (Fsp3) is 0.400. The lowest BCUT2D eigenvalue weighted by molar-refractivity contribution is -0.116. The van der Waals surface area contributed by atoms with Gasteiger partial charge in [0.2, 0.25) is 0 Å². The molecule has 1 aliphatic carbocycles. The van der Waals surface area contributed by atoms with Gasteiger partial charge in [-0.05, 0) is 28.4 Å². The van der Waals surface area contributed by atoms with Crippen LogP contribution in [0.5, 0.6) is 0 Å². The molecule has 17 heavy (non-hydrogen) atoms. The van der Waals surface area contributed by atoms with Gasteiger partial charge in [0.25, 0.3) is 0 Å². The number of benzene rings is 1. The van der Waals surface area contributed by atoms with E-state index in [1.54, 1.807) is 11.8 Å². The molecule has 0 saturated heterocycles. The number of hydrogen-bond donors (Lipinski definition) is 0. The van der Waals surface area contributed by atoms with Crippen LogP contribution in [0.15, 0.2) is 41.3 Å². The van der Waals surface area contributed by atoms with Crippen molar-refractivity contribution in [3.8, 4) is 0 Å². The van der Waals surface area contributed by atoms with E-state index in [0.29, 0.717) is 6.42 Å². The van der Waals surface area contributed by atoms with Crippen LogP contribution in [-0.2, 0) is 10.5 Å². The number of hydrogen-bond acceptors (Lipinski definition) is 2. The Balaban J connectivity index is 1.98. The lowest BCUT2D eigenvalue weighted by Crippen LogP contribution is -2.20. The van der Waals surface area contributed by atoms with Gasteiger partial charge in [0.1, 0.15) is 0 Å². The molecule has 0 N–H and O–H groups in total. The Morgan fingerprint density at radius 3 is 2.53 bits per heavy atom. The molecule has 0 saturated carbocycles. The summed E-state index contributed by atoms with van der Waals surface area (Å²) in [6.07, 6.45) is 3.54. The van der Waals surface area contributed by atoms with Crippen LogP contribution in [0, 0.1) is 5.41 Å². The first-order valence-electron chi connectivity index (χ1n) is 5.95. The first-order valence-corrected chi connectivity index (χ1v) is 6.94. The molecule has 90 valence electrons. The number of carbonyl (C=O) groups is 1. The molecule has 0 bridgehead atoms. The van der Waals surface area contributed by atoms with Crippen molar-refractivity contribution < 1.29 is 4.79 Å². The molecule has 0 heterocycles. The van der Waals surface area contributed by atoms with E-state index in [0.717, 1.165) is 12.2 Å². The van der Waals surface area contributed by atoms with E-state index in [4.69, 9.17) is 0 Å². The Kier molecular flexibility index (Phi) is 3.72. The number of ketones is 1. The molecule has 0 aliphatic heterocycles. The fourth-order valence-corrected chi connectivity index (χ4v) is 3.38. The van der Waals surface area contributed by atoms with E-state index in [-0.39, 0.29) is 11.2 Å². The van der Waals surface area contributed by atoms with Crippen molar-refractivity contribution in [2.45, 2.75) is 32.4 Å². The molecule has 0 amide bonds. The zero-order valence-electron chi connectivity index (χ0n) is 10.4. The second-order valence-corrected chi connectivity index (χ2v) is 6.47. The molecular weight excluding hydrogens is 228 g/mol. The van der Waals surface area contributed by atoms with Gasteiger partial charge < -0.3 is 0 Å². The SMILES string of the molecule is CC1(C)CC(=O)C=C(SCc2ccccc2)C1. The monoisotopic (exact) mass is 246 g/mol. The smallest absolute Gasteiger partial charge is 0.157 e. The predicted molar refractivity (Wildman–Crippen MR) is 73.8 cm³/mol. The molecule has 1 aromatic rings. The van der Waals surface area contributed by atoms with Crippen LogP contribution >= 0.6 is 11.8 Å². The van der Waals surface area contributed by atoms with Crippen LogP contribution in [-0.4, -0.2) is 5.78 Å². The molecule has 0 spiro atoms.